The number of hydrogen-bond donors (Lipinski definition) is 2. The smallest absolute Gasteiger partial charge is 0.0872 e. The second-order valence-electron chi connectivity index (χ2n) is 4.34. The molecule has 1 aliphatic rings. The molecule has 2 unspecified atom stereocenters. The van der Waals surface area contributed by atoms with E-state index in [0.717, 1.165) is 30.6 Å². The Morgan fingerprint density at radius 3 is 3.18 bits per heavy atom. The number of nitrogens with two attached hydrogens (primary N) is 1. The molecule has 3 N–H and O–H groups in total. The third kappa shape index (κ3) is 3.49. The summed E-state index contributed by atoms with van der Waals surface area (Å²) in [5.41, 5.74) is 2.89. The van der Waals surface area contributed by atoms with Crippen LogP contribution in [-0.4, -0.2) is 43.8 Å². The van der Waals surface area contributed by atoms with Crippen molar-refractivity contribution < 1.29 is 4.74 Å². The molecule has 0 aromatic carbocycles. The number of rotatable bonds is 4. The summed E-state index contributed by atoms with van der Waals surface area (Å²) in [6.45, 7) is 2.71. The monoisotopic (exact) mass is 319 g/mol. The van der Waals surface area contributed by atoms with Crippen LogP contribution >= 0.6 is 27.3 Å². The lowest BCUT2D eigenvalue weighted by atomic mass is 10.1. The summed E-state index contributed by atoms with van der Waals surface area (Å²) >= 11 is 5.30. The van der Waals surface area contributed by atoms with Gasteiger partial charge in [0.05, 0.1) is 18.8 Å². The van der Waals surface area contributed by atoms with Crippen LogP contribution in [0.2, 0.25) is 0 Å². The van der Waals surface area contributed by atoms with E-state index in [4.69, 9.17) is 10.6 Å². The summed E-state index contributed by atoms with van der Waals surface area (Å²) in [5, 5.41) is 2.08. The number of morpholine rings is 1. The number of hydrogen-bond acceptors (Lipinski definition) is 5. The summed E-state index contributed by atoms with van der Waals surface area (Å²) in [6.07, 6.45) is 1.06. The molecule has 1 fully saturated rings. The third-order valence-electron chi connectivity index (χ3n) is 3.06. The number of halogens is 1. The van der Waals surface area contributed by atoms with Crippen molar-refractivity contribution in [1.82, 2.24) is 10.3 Å². The van der Waals surface area contributed by atoms with Crippen molar-refractivity contribution in [2.75, 3.05) is 26.7 Å². The fourth-order valence-corrected chi connectivity index (χ4v) is 3.60. The van der Waals surface area contributed by atoms with E-state index >= 15 is 0 Å². The Bertz CT molecular complexity index is 360. The van der Waals surface area contributed by atoms with Crippen molar-refractivity contribution in [1.29, 1.82) is 0 Å². The Labute approximate surface area is 114 Å². The van der Waals surface area contributed by atoms with E-state index < -0.39 is 0 Å². The molecule has 1 aliphatic heterocycles. The Kier molecular flexibility index (Phi) is 4.96. The van der Waals surface area contributed by atoms with Gasteiger partial charge in [0.2, 0.25) is 0 Å². The second-order valence-corrected chi connectivity index (χ2v) is 6.20. The topological polar surface area (TPSA) is 50.5 Å². The van der Waals surface area contributed by atoms with Crippen LogP contribution in [0.25, 0.3) is 0 Å². The first-order valence-electron chi connectivity index (χ1n) is 5.69. The molecule has 4 nitrogen and oxygen atoms in total. The van der Waals surface area contributed by atoms with Gasteiger partial charge >= 0.3 is 0 Å². The summed E-state index contributed by atoms with van der Waals surface area (Å²) in [6, 6.07) is 2.23. The van der Waals surface area contributed by atoms with Crippen LogP contribution in [0.1, 0.15) is 4.88 Å². The van der Waals surface area contributed by atoms with Gasteiger partial charge < -0.3 is 9.64 Å². The SMILES string of the molecule is CN1CCOC(C(Cc2sccc2Br)NN)C1. The maximum Gasteiger partial charge on any atom is 0.0872 e. The first-order chi connectivity index (χ1) is 8.20. The van der Waals surface area contributed by atoms with Crippen molar-refractivity contribution in [2.24, 2.45) is 5.84 Å². The van der Waals surface area contributed by atoms with Crippen LogP contribution in [0.15, 0.2) is 15.9 Å². The van der Waals surface area contributed by atoms with Crippen molar-refractivity contribution in [3.63, 3.8) is 0 Å². The van der Waals surface area contributed by atoms with Crippen LogP contribution in [0.4, 0.5) is 0 Å². The lowest BCUT2D eigenvalue weighted by Gasteiger charge is -2.34. The molecule has 1 saturated heterocycles. The number of nitrogens with one attached hydrogen (secondary N) is 1. The Hall–Kier alpha value is 0.0200. The van der Waals surface area contributed by atoms with Crippen molar-refractivity contribution in [2.45, 2.75) is 18.6 Å². The minimum atomic E-state index is 0.160. The van der Waals surface area contributed by atoms with Gasteiger partial charge in [0.15, 0.2) is 0 Å². The Morgan fingerprint density at radius 2 is 2.59 bits per heavy atom. The van der Waals surface area contributed by atoms with Gasteiger partial charge in [-0.05, 0) is 34.4 Å². The molecule has 2 rings (SSSR count). The highest BCUT2D eigenvalue weighted by atomic mass is 79.9. The second kappa shape index (κ2) is 6.26. The Balaban J connectivity index is 1.98. The van der Waals surface area contributed by atoms with E-state index in [-0.39, 0.29) is 12.1 Å². The van der Waals surface area contributed by atoms with Gasteiger partial charge in [0.1, 0.15) is 0 Å². The predicted molar refractivity (Wildman–Crippen MR) is 74.1 cm³/mol. The van der Waals surface area contributed by atoms with Crippen molar-refractivity contribution in [3.8, 4) is 0 Å². The minimum absolute atomic E-state index is 0.160. The van der Waals surface area contributed by atoms with E-state index in [9.17, 15) is 0 Å². The molecule has 0 aliphatic carbocycles. The zero-order chi connectivity index (χ0) is 12.3. The van der Waals surface area contributed by atoms with Gasteiger partial charge in [-0.25, -0.2) is 0 Å². The van der Waals surface area contributed by atoms with E-state index in [0.29, 0.717) is 0 Å². The lowest BCUT2D eigenvalue weighted by Crippen LogP contribution is -2.53. The zero-order valence-electron chi connectivity index (χ0n) is 9.86. The Morgan fingerprint density at radius 1 is 1.76 bits per heavy atom. The van der Waals surface area contributed by atoms with Crippen LogP contribution in [0.5, 0.6) is 0 Å². The van der Waals surface area contributed by atoms with Gasteiger partial charge in [-0.3, -0.25) is 11.3 Å². The summed E-state index contributed by atoms with van der Waals surface area (Å²) < 4.78 is 6.95. The number of nitrogens with zero attached hydrogens (tertiary/aromatic N) is 1. The molecule has 1 aromatic heterocycles. The lowest BCUT2D eigenvalue weighted by molar-refractivity contribution is -0.0383. The summed E-state index contributed by atoms with van der Waals surface area (Å²) in [4.78, 5) is 3.59. The molecule has 6 heteroatoms. The molecule has 0 saturated carbocycles. The maximum absolute atomic E-state index is 5.80. The van der Waals surface area contributed by atoms with E-state index in [1.807, 2.05) is 0 Å². The number of ether oxygens (including phenoxy) is 1. The van der Waals surface area contributed by atoms with Gasteiger partial charge in [0, 0.05) is 28.9 Å². The van der Waals surface area contributed by atoms with Crippen LogP contribution in [0.3, 0.4) is 0 Å². The summed E-state index contributed by atoms with van der Waals surface area (Å²) in [5.74, 6) is 5.66. The fraction of sp³-hybridized carbons (Fsp3) is 0.636. The highest BCUT2D eigenvalue weighted by Gasteiger charge is 2.26. The van der Waals surface area contributed by atoms with E-state index in [2.05, 4.69) is 44.7 Å². The molecule has 0 spiro atoms. The number of likely N-dealkylation sites (N-methyl/N-ethyl adjacent to an activating group) is 1. The zero-order valence-corrected chi connectivity index (χ0v) is 12.3. The molecule has 2 heterocycles. The summed E-state index contributed by atoms with van der Waals surface area (Å²) in [7, 11) is 2.12. The molecular formula is C11H18BrN3OS. The molecule has 96 valence electrons. The number of hydrazine groups is 1. The molecule has 0 amide bonds. The van der Waals surface area contributed by atoms with Gasteiger partial charge in [0.25, 0.3) is 0 Å². The van der Waals surface area contributed by atoms with Crippen molar-refractivity contribution in [3.05, 3.63) is 20.8 Å². The van der Waals surface area contributed by atoms with E-state index in [1.165, 1.54) is 4.88 Å². The van der Waals surface area contributed by atoms with Gasteiger partial charge in [-0.15, -0.1) is 11.3 Å². The highest BCUT2D eigenvalue weighted by Crippen LogP contribution is 2.25. The van der Waals surface area contributed by atoms with Gasteiger partial charge in [-0.1, -0.05) is 0 Å². The number of thiophene rings is 1. The molecular weight excluding hydrogens is 302 g/mol. The molecule has 1 aromatic rings. The highest BCUT2D eigenvalue weighted by molar-refractivity contribution is 9.10. The largest absolute Gasteiger partial charge is 0.374 e. The van der Waals surface area contributed by atoms with E-state index in [1.54, 1.807) is 11.3 Å². The normalized spacial score (nSPS) is 23.8. The van der Waals surface area contributed by atoms with Crippen LogP contribution in [-0.2, 0) is 11.2 Å². The molecule has 0 bridgehead atoms. The standard InChI is InChI=1S/C11H18BrN3OS/c1-15-3-4-16-10(7-15)9(14-13)6-11-8(12)2-5-17-11/h2,5,9-10,14H,3-4,6-7,13H2,1H3. The van der Waals surface area contributed by atoms with Crippen molar-refractivity contribution >= 4 is 27.3 Å². The maximum atomic E-state index is 5.80. The molecule has 17 heavy (non-hydrogen) atoms. The van der Waals surface area contributed by atoms with Gasteiger partial charge in [-0.2, -0.15) is 0 Å². The first-order valence-corrected chi connectivity index (χ1v) is 7.36. The molecule has 0 radical (unpaired) electrons. The quantitative estimate of drug-likeness (QED) is 0.647. The average molecular weight is 320 g/mol. The predicted octanol–water partition coefficient (Wildman–Crippen LogP) is 1.22. The fourth-order valence-electron chi connectivity index (χ4n) is 2.02. The molecule has 2 atom stereocenters. The average Bonchev–Trinajstić information content (AvgIpc) is 2.71. The van der Waals surface area contributed by atoms with Crippen LogP contribution in [0, 0.1) is 0 Å². The third-order valence-corrected chi connectivity index (χ3v) is 5.00. The van der Waals surface area contributed by atoms with Crippen LogP contribution < -0.4 is 11.3 Å². The first kappa shape index (κ1) is 13.5. The minimum Gasteiger partial charge on any atom is -0.374 e.